The zero-order chi connectivity index (χ0) is 16.5. The highest BCUT2D eigenvalue weighted by Gasteiger charge is 2.35. The molecule has 0 aliphatic carbocycles. The highest BCUT2D eigenvalue weighted by molar-refractivity contribution is 5.80. The first-order valence-corrected chi connectivity index (χ1v) is 7.73. The molecule has 0 spiro atoms. The van der Waals surface area contributed by atoms with Crippen molar-refractivity contribution in [3.63, 3.8) is 0 Å². The number of methoxy groups -OCH3 is 1. The summed E-state index contributed by atoms with van der Waals surface area (Å²) < 4.78 is 16.2. The summed E-state index contributed by atoms with van der Waals surface area (Å²) >= 11 is 0. The Labute approximate surface area is 129 Å². The molecule has 0 aromatic carbocycles. The van der Waals surface area contributed by atoms with Gasteiger partial charge >= 0.3 is 5.97 Å². The van der Waals surface area contributed by atoms with Crippen molar-refractivity contribution in [3.8, 4) is 0 Å². The standard InChI is InChI=1S/C16H33NO4/c1-8-9-17-16(6,14(18)19-7)12-13(2)20-10-11-21-15(3,4)5/h13,17H,8-12H2,1-7H3. The summed E-state index contributed by atoms with van der Waals surface area (Å²) in [6.45, 7) is 13.8. The van der Waals surface area contributed by atoms with Crippen LogP contribution in [0.4, 0.5) is 0 Å². The second kappa shape index (κ2) is 9.38. The Morgan fingerprint density at radius 1 is 1.19 bits per heavy atom. The van der Waals surface area contributed by atoms with Crippen molar-refractivity contribution >= 4 is 5.97 Å². The highest BCUT2D eigenvalue weighted by atomic mass is 16.5. The van der Waals surface area contributed by atoms with Crippen LogP contribution < -0.4 is 5.32 Å². The minimum atomic E-state index is -0.713. The summed E-state index contributed by atoms with van der Waals surface area (Å²) in [7, 11) is 1.41. The van der Waals surface area contributed by atoms with Crippen molar-refractivity contribution in [1.82, 2.24) is 5.32 Å². The zero-order valence-corrected chi connectivity index (χ0v) is 14.7. The third-order valence-electron chi connectivity index (χ3n) is 3.12. The van der Waals surface area contributed by atoms with Gasteiger partial charge in [-0.15, -0.1) is 0 Å². The Morgan fingerprint density at radius 3 is 2.29 bits per heavy atom. The number of hydrogen-bond acceptors (Lipinski definition) is 5. The van der Waals surface area contributed by atoms with Crippen LogP contribution in [0.2, 0.25) is 0 Å². The van der Waals surface area contributed by atoms with Crippen LogP contribution >= 0.6 is 0 Å². The van der Waals surface area contributed by atoms with Crippen LogP contribution in [-0.4, -0.2) is 50.1 Å². The molecule has 0 bridgehead atoms. The average molecular weight is 303 g/mol. The van der Waals surface area contributed by atoms with Gasteiger partial charge in [-0.05, 0) is 47.6 Å². The van der Waals surface area contributed by atoms with Crippen molar-refractivity contribution in [2.75, 3.05) is 26.9 Å². The van der Waals surface area contributed by atoms with Crippen molar-refractivity contribution in [1.29, 1.82) is 0 Å². The number of hydrogen-bond donors (Lipinski definition) is 1. The van der Waals surface area contributed by atoms with Crippen molar-refractivity contribution in [3.05, 3.63) is 0 Å². The molecule has 0 amide bonds. The van der Waals surface area contributed by atoms with Gasteiger partial charge in [0.2, 0.25) is 0 Å². The molecule has 0 saturated heterocycles. The molecule has 2 atom stereocenters. The molecule has 5 nitrogen and oxygen atoms in total. The first-order chi connectivity index (χ1) is 9.64. The molecule has 2 unspecified atom stereocenters. The van der Waals surface area contributed by atoms with Gasteiger partial charge in [-0.2, -0.15) is 0 Å². The summed E-state index contributed by atoms with van der Waals surface area (Å²) in [6.07, 6.45) is 1.47. The Balaban J connectivity index is 4.27. The van der Waals surface area contributed by atoms with E-state index in [0.29, 0.717) is 19.6 Å². The van der Waals surface area contributed by atoms with Crippen molar-refractivity contribution in [2.45, 2.75) is 71.6 Å². The van der Waals surface area contributed by atoms with Gasteiger partial charge in [0.25, 0.3) is 0 Å². The van der Waals surface area contributed by atoms with Crippen molar-refractivity contribution < 1.29 is 19.0 Å². The van der Waals surface area contributed by atoms with E-state index in [1.807, 2.05) is 34.6 Å². The molecule has 1 N–H and O–H groups in total. The van der Waals surface area contributed by atoms with E-state index in [1.54, 1.807) is 0 Å². The summed E-state index contributed by atoms with van der Waals surface area (Å²) in [5.41, 5.74) is -0.870. The number of esters is 1. The van der Waals surface area contributed by atoms with Crippen LogP contribution in [0.3, 0.4) is 0 Å². The maximum Gasteiger partial charge on any atom is 0.325 e. The summed E-state index contributed by atoms with van der Waals surface area (Å²) in [5.74, 6) is -0.252. The molecule has 126 valence electrons. The van der Waals surface area contributed by atoms with Crippen LogP contribution in [0, 0.1) is 0 Å². The molecular weight excluding hydrogens is 270 g/mol. The lowest BCUT2D eigenvalue weighted by atomic mass is 9.94. The van der Waals surface area contributed by atoms with Gasteiger partial charge < -0.3 is 19.5 Å². The molecule has 0 radical (unpaired) electrons. The van der Waals surface area contributed by atoms with Gasteiger partial charge in [0.1, 0.15) is 5.54 Å². The van der Waals surface area contributed by atoms with E-state index in [4.69, 9.17) is 14.2 Å². The minimum Gasteiger partial charge on any atom is -0.468 e. The van der Waals surface area contributed by atoms with E-state index in [9.17, 15) is 4.79 Å². The van der Waals surface area contributed by atoms with Gasteiger partial charge in [-0.25, -0.2) is 0 Å². The predicted molar refractivity (Wildman–Crippen MR) is 84.5 cm³/mol. The molecule has 0 fully saturated rings. The number of ether oxygens (including phenoxy) is 3. The van der Waals surface area contributed by atoms with E-state index >= 15 is 0 Å². The van der Waals surface area contributed by atoms with Crippen LogP contribution in [-0.2, 0) is 19.0 Å². The number of rotatable bonds is 10. The van der Waals surface area contributed by atoms with Gasteiger partial charge in [0, 0.05) is 6.42 Å². The summed E-state index contributed by atoms with van der Waals surface area (Å²) in [4.78, 5) is 12.0. The minimum absolute atomic E-state index is 0.0537. The molecule has 0 saturated carbocycles. The fourth-order valence-corrected chi connectivity index (χ4v) is 2.08. The molecule has 21 heavy (non-hydrogen) atoms. The summed E-state index contributed by atoms with van der Waals surface area (Å²) in [6, 6.07) is 0. The average Bonchev–Trinajstić information content (AvgIpc) is 2.39. The lowest BCUT2D eigenvalue weighted by molar-refractivity contribution is -0.149. The molecule has 5 heteroatoms. The third kappa shape index (κ3) is 9.06. The van der Waals surface area contributed by atoms with E-state index < -0.39 is 5.54 Å². The third-order valence-corrected chi connectivity index (χ3v) is 3.12. The lowest BCUT2D eigenvalue weighted by Crippen LogP contribution is -2.52. The van der Waals surface area contributed by atoms with E-state index in [0.717, 1.165) is 13.0 Å². The predicted octanol–water partition coefficient (Wildman–Crippen LogP) is 2.53. The number of carbonyl (C=O) groups is 1. The Bertz CT molecular complexity index is 301. The van der Waals surface area contributed by atoms with Crippen LogP contribution in [0.25, 0.3) is 0 Å². The molecule has 0 rings (SSSR count). The van der Waals surface area contributed by atoms with Gasteiger partial charge in [-0.1, -0.05) is 6.92 Å². The molecule has 0 aromatic rings. The van der Waals surface area contributed by atoms with E-state index in [-0.39, 0.29) is 17.7 Å². The van der Waals surface area contributed by atoms with Crippen LogP contribution in [0.15, 0.2) is 0 Å². The second-order valence-electron chi connectivity index (χ2n) is 6.60. The first-order valence-electron chi connectivity index (χ1n) is 7.73. The Hall–Kier alpha value is -0.650. The molecule has 0 aliphatic heterocycles. The maximum absolute atomic E-state index is 12.0. The SMILES string of the molecule is CCCNC(C)(CC(C)OCCOC(C)(C)C)C(=O)OC. The maximum atomic E-state index is 12.0. The Kier molecular flexibility index (Phi) is 9.09. The first kappa shape index (κ1) is 20.3. The largest absolute Gasteiger partial charge is 0.468 e. The van der Waals surface area contributed by atoms with E-state index in [1.165, 1.54) is 7.11 Å². The smallest absolute Gasteiger partial charge is 0.325 e. The van der Waals surface area contributed by atoms with Crippen LogP contribution in [0.1, 0.15) is 54.4 Å². The van der Waals surface area contributed by atoms with Crippen molar-refractivity contribution in [2.24, 2.45) is 0 Å². The zero-order valence-electron chi connectivity index (χ0n) is 14.7. The fourth-order valence-electron chi connectivity index (χ4n) is 2.08. The number of nitrogens with one attached hydrogen (secondary N) is 1. The lowest BCUT2D eigenvalue weighted by Gasteiger charge is -2.30. The summed E-state index contributed by atoms with van der Waals surface area (Å²) in [5, 5.41) is 3.26. The van der Waals surface area contributed by atoms with Gasteiger partial charge in [-0.3, -0.25) is 4.79 Å². The van der Waals surface area contributed by atoms with Gasteiger partial charge in [0.05, 0.1) is 32.0 Å². The quantitative estimate of drug-likeness (QED) is 0.496. The number of carbonyl (C=O) groups excluding carboxylic acids is 1. The van der Waals surface area contributed by atoms with E-state index in [2.05, 4.69) is 12.2 Å². The fraction of sp³-hybridized carbons (Fsp3) is 0.938. The second-order valence-corrected chi connectivity index (χ2v) is 6.60. The molecule has 0 aromatic heterocycles. The normalized spacial score (nSPS) is 16.3. The molecular formula is C16H33NO4. The van der Waals surface area contributed by atoms with Crippen LogP contribution in [0.5, 0.6) is 0 Å². The Morgan fingerprint density at radius 2 is 1.81 bits per heavy atom. The monoisotopic (exact) mass is 303 g/mol. The molecule has 0 aliphatic rings. The van der Waals surface area contributed by atoms with Gasteiger partial charge in [0.15, 0.2) is 0 Å². The topological polar surface area (TPSA) is 56.8 Å². The molecule has 0 heterocycles. The highest BCUT2D eigenvalue weighted by Crippen LogP contribution is 2.17.